The molecule has 2 rings (SSSR count). The van der Waals surface area contributed by atoms with Crippen LogP contribution in [0.3, 0.4) is 0 Å². The fraction of sp³-hybridized carbons (Fsp3) is 0.500. The Balaban J connectivity index is 2.06. The summed E-state index contributed by atoms with van der Waals surface area (Å²) in [6.07, 6.45) is 3.88. The highest BCUT2D eigenvalue weighted by molar-refractivity contribution is 5.96. The SMILES string of the molecule is CCCC(NC(=O)Cc1cc(F)cc(F)c1)C(=O)Nc1cn(C(C)(C)C(C)(C)O)cn1. The molecule has 0 radical (unpaired) electrons. The Morgan fingerprint density at radius 1 is 1.16 bits per heavy atom. The zero-order valence-electron chi connectivity index (χ0n) is 18.5. The number of aromatic nitrogens is 2. The molecule has 2 amide bonds. The standard InChI is InChI=1S/C22H30F2N4O3/c1-6-7-17(26-19(29)10-14-8-15(23)11-16(24)9-14)20(30)27-18-12-28(13-25-18)21(2,3)22(4,5)31/h8-9,11-13,17,31H,6-7,10H2,1-5H3,(H,26,29)(H,27,30). The summed E-state index contributed by atoms with van der Waals surface area (Å²) in [5.41, 5.74) is -1.54. The van der Waals surface area contributed by atoms with Crippen LogP contribution in [0.1, 0.15) is 53.0 Å². The largest absolute Gasteiger partial charge is 0.388 e. The van der Waals surface area contributed by atoms with Gasteiger partial charge in [0.25, 0.3) is 0 Å². The second-order valence-electron chi connectivity index (χ2n) is 8.64. The summed E-state index contributed by atoms with van der Waals surface area (Å²) < 4.78 is 28.4. The Kier molecular flexibility index (Phi) is 7.54. The number of imidazole rings is 1. The van der Waals surface area contributed by atoms with E-state index >= 15 is 0 Å². The lowest BCUT2D eigenvalue weighted by molar-refractivity contribution is -0.126. The van der Waals surface area contributed by atoms with Gasteiger partial charge in [-0.25, -0.2) is 13.8 Å². The normalized spacial score (nSPS) is 13.0. The number of benzene rings is 1. The zero-order chi connectivity index (χ0) is 23.4. The van der Waals surface area contributed by atoms with Gasteiger partial charge in [-0.1, -0.05) is 13.3 Å². The minimum absolute atomic E-state index is 0.179. The van der Waals surface area contributed by atoms with E-state index in [0.717, 1.165) is 18.2 Å². The van der Waals surface area contributed by atoms with Crippen LogP contribution in [0.2, 0.25) is 0 Å². The average Bonchev–Trinajstić information content (AvgIpc) is 3.08. The lowest BCUT2D eigenvalue weighted by Crippen LogP contribution is -2.46. The van der Waals surface area contributed by atoms with Gasteiger partial charge >= 0.3 is 0 Å². The topological polar surface area (TPSA) is 96.2 Å². The molecule has 1 unspecified atom stereocenters. The number of nitrogens with one attached hydrogen (secondary N) is 2. The van der Waals surface area contributed by atoms with E-state index in [9.17, 15) is 23.5 Å². The van der Waals surface area contributed by atoms with Crippen LogP contribution in [0.4, 0.5) is 14.6 Å². The summed E-state index contributed by atoms with van der Waals surface area (Å²) in [6, 6.07) is 2.05. The predicted molar refractivity (Wildman–Crippen MR) is 113 cm³/mol. The van der Waals surface area contributed by atoms with E-state index in [1.807, 2.05) is 20.8 Å². The molecule has 0 spiro atoms. The first-order chi connectivity index (χ1) is 14.3. The van der Waals surface area contributed by atoms with Crippen LogP contribution in [0.5, 0.6) is 0 Å². The summed E-state index contributed by atoms with van der Waals surface area (Å²) in [4.78, 5) is 29.2. The summed E-state index contributed by atoms with van der Waals surface area (Å²) in [6.45, 7) is 8.92. The maximum atomic E-state index is 13.3. The van der Waals surface area contributed by atoms with Crippen LogP contribution >= 0.6 is 0 Å². The molecule has 0 bridgehead atoms. The Hall–Kier alpha value is -2.81. The van der Waals surface area contributed by atoms with Crippen molar-refractivity contribution in [2.45, 2.75) is 71.1 Å². The monoisotopic (exact) mass is 436 g/mol. The van der Waals surface area contributed by atoms with Crippen molar-refractivity contribution in [3.63, 3.8) is 0 Å². The molecule has 3 N–H and O–H groups in total. The Labute approximate surface area is 180 Å². The molecule has 0 fully saturated rings. The third-order valence-corrected chi connectivity index (χ3v) is 5.49. The maximum Gasteiger partial charge on any atom is 0.248 e. The molecule has 7 nitrogen and oxygen atoms in total. The first-order valence-electron chi connectivity index (χ1n) is 10.2. The molecule has 170 valence electrons. The smallest absolute Gasteiger partial charge is 0.248 e. The number of rotatable bonds is 9. The third kappa shape index (κ3) is 6.33. The molecule has 0 saturated heterocycles. The average molecular weight is 437 g/mol. The Bertz CT molecular complexity index is 915. The minimum atomic E-state index is -1.04. The second kappa shape index (κ2) is 9.55. The van der Waals surface area contributed by atoms with Crippen LogP contribution in [0.15, 0.2) is 30.7 Å². The number of nitrogens with zero attached hydrogens (tertiary/aromatic N) is 2. The lowest BCUT2D eigenvalue weighted by atomic mass is 9.86. The van der Waals surface area contributed by atoms with Gasteiger partial charge in [0.2, 0.25) is 11.8 Å². The molecule has 0 saturated carbocycles. The van der Waals surface area contributed by atoms with Gasteiger partial charge in [0.15, 0.2) is 5.82 Å². The highest BCUT2D eigenvalue weighted by Crippen LogP contribution is 2.29. The highest BCUT2D eigenvalue weighted by Gasteiger charge is 2.36. The van der Waals surface area contributed by atoms with Crippen LogP contribution in [0.25, 0.3) is 0 Å². The van der Waals surface area contributed by atoms with Crippen molar-refractivity contribution in [2.24, 2.45) is 0 Å². The molecule has 2 aromatic rings. The molecule has 1 aromatic carbocycles. The number of halogens is 2. The van der Waals surface area contributed by atoms with E-state index in [2.05, 4.69) is 15.6 Å². The Morgan fingerprint density at radius 3 is 2.32 bits per heavy atom. The van der Waals surface area contributed by atoms with Gasteiger partial charge in [0.1, 0.15) is 17.7 Å². The summed E-state index contributed by atoms with van der Waals surface area (Å²) in [5, 5.41) is 15.7. The molecule has 0 aliphatic carbocycles. The van der Waals surface area contributed by atoms with E-state index in [-0.39, 0.29) is 17.8 Å². The van der Waals surface area contributed by atoms with E-state index in [1.54, 1.807) is 24.6 Å². The van der Waals surface area contributed by atoms with Gasteiger partial charge in [-0.3, -0.25) is 9.59 Å². The molecule has 1 aromatic heterocycles. The van der Waals surface area contributed by atoms with Gasteiger partial charge in [-0.2, -0.15) is 0 Å². The zero-order valence-corrected chi connectivity index (χ0v) is 18.5. The number of carbonyl (C=O) groups excluding carboxylic acids is 2. The molecule has 9 heteroatoms. The number of aliphatic hydroxyl groups is 1. The Morgan fingerprint density at radius 2 is 1.77 bits per heavy atom. The molecule has 0 aliphatic heterocycles. The van der Waals surface area contributed by atoms with Crippen LogP contribution < -0.4 is 10.6 Å². The van der Waals surface area contributed by atoms with Crippen molar-refractivity contribution in [2.75, 3.05) is 5.32 Å². The van der Waals surface area contributed by atoms with Crippen LogP contribution in [0, 0.1) is 11.6 Å². The van der Waals surface area contributed by atoms with Crippen molar-refractivity contribution in [3.8, 4) is 0 Å². The molecule has 1 atom stereocenters. The fourth-order valence-corrected chi connectivity index (χ4v) is 2.92. The molecule has 31 heavy (non-hydrogen) atoms. The van der Waals surface area contributed by atoms with E-state index in [0.29, 0.717) is 12.8 Å². The van der Waals surface area contributed by atoms with Crippen molar-refractivity contribution in [1.29, 1.82) is 0 Å². The maximum absolute atomic E-state index is 13.3. The number of carbonyl (C=O) groups is 2. The third-order valence-electron chi connectivity index (χ3n) is 5.49. The molecular formula is C22H30F2N4O3. The summed E-state index contributed by atoms with van der Waals surface area (Å²) in [5.74, 6) is -2.23. The minimum Gasteiger partial charge on any atom is -0.388 e. The molecule has 1 heterocycles. The number of hydrogen-bond acceptors (Lipinski definition) is 4. The highest BCUT2D eigenvalue weighted by atomic mass is 19.1. The first kappa shape index (κ1) is 24.5. The van der Waals surface area contributed by atoms with Crippen molar-refractivity contribution in [1.82, 2.24) is 14.9 Å². The van der Waals surface area contributed by atoms with Gasteiger partial charge in [-0.05, 0) is 51.8 Å². The quantitative estimate of drug-likeness (QED) is 0.563. The van der Waals surface area contributed by atoms with Crippen molar-refractivity contribution < 1.29 is 23.5 Å². The van der Waals surface area contributed by atoms with Gasteiger partial charge < -0.3 is 20.3 Å². The van der Waals surface area contributed by atoms with Crippen LogP contribution in [-0.2, 0) is 21.5 Å². The second-order valence-corrected chi connectivity index (χ2v) is 8.64. The fourth-order valence-electron chi connectivity index (χ4n) is 2.92. The molecule has 0 aliphatic rings. The summed E-state index contributed by atoms with van der Waals surface area (Å²) >= 11 is 0. The van der Waals surface area contributed by atoms with Crippen molar-refractivity contribution in [3.05, 3.63) is 47.9 Å². The van der Waals surface area contributed by atoms with E-state index in [1.165, 1.54) is 6.33 Å². The number of hydrogen-bond donors (Lipinski definition) is 3. The number of amides is 2. The lowest BCUT2D eigenvalue weighted by Gasteiger charge is -2.38. The van der Waals surface area contributed by atoms with Gasteiger partial charge in [0.05, 0.1) is 23.9 Å². The van der Waals surface area contributed by atoms with Crippen LogP contribution in [-0.4, -0.2) is 38.1 Å². The summed E-state index contributed by atoms with van der Waals surface area (Å²) in [7, 11) is 0. The van der Waals surface area contributed by atoms with E-state index < -0.39 is 40.6 Å². The predicted octanol–water partition coefficient (Wildman–Crippen LogP) is 3.13. The first-order valence-corrected chi connectivity index (χ1v) is 10.2. The number of anilines is 1. The van der Waals surface area contributed by atoms with Gasteiger partial charge in [-0.15, -0.1) is 0 Å². The molecular weight excluding hydrogens is 406 g/mol. The van der Waals surface area contributed by atoms with Gasteiger partial charge in [0, 0.05) is 12.3 Å². The van der Waals surface area contributed by atoms with Crippen molar-refractivity contribution >= 4 is 17.6 Å². The van der Waals surface area contributed by atoms with E-state index in [4.69, 9.17) is 0 Å².